The standard InChI is InChI=1S/C21H28N2O2/c1-16(2)18-7-11-20(12-8-18)25-15-21(24)22-14-13-17-5-9-19(10-6-17)23(3)4/h5-12,16H,13-15H2,1-4H3,(H,22,24). The number of anilines is 1. The summed E-state index contributed by atoms with van der Waals surface area (Å²) in [4.78, 5) is 13.9. The third kappa shape index (κ3) is 6.14. The molecule has 0 radical (unpaired) electrons. The molecule has 0 aliphatic rings. The van der Waals surface area contributed by atoms with Gasteiger partial charge >= 0.3 is 0 Å². The highest BCUT2D eigenvalue weighted by Crippen LogP contribution is 2.18. The van der Waals surface area contributed by atoms with Crippen LogP contribution in [-0.4, -0.2) is 33.2 Å². The molecule has 0 spiro atoms. The number of hydrogen-bond donors (Lipinski definition) is 1. The second-order valence-corrected chi connectivity index (χ2v) is 6.67. The van der Waals surface area contributed by atoms with Gasteiger partial charge in [-0.15, -0.1) is 0 Å². The van der Waals surface area contributed by atoms with Crippen molar-refractivity contribution >= 4 is 11.6 Å². The Morgan fingerprint density at radius 1 is 1.04 bits per heavy atom. The minimum Gasteiger partial charge on any atom is -0.484 e. The molecule has 25 heavy (non-hydrogen) atoms. The molecular weight excluding hydrogens is 312 g/mol. The maximum Gasteiger partial charge on any atom is 0.257 e. The molecule has 0 saturated carbocycles. The lowest BCUT2D eigenvalue weighted by atomic mass is 10.0. The van der Waals surface area contributed by atoms with Gasteiger partial charge in [0.05, 0.1) is 0 Å². The summed E-state index contributed by atoms with van der Waals surface area (Å²) in [6, 6.07) is 16.2. The molecule has 0 saturated heterocycles. The summed E-state index contributed by atoms with van der Waals surface area (Å²) in [7, 11) is 4.04. The largest absolute Gasteiger partial charge is 0.484 e. The van der Waals surface area contributed by atoms with Gasteiger partial charge in [0, 0.05) is 26.3 Å². The van der Waals surface area contributed by atoms with Crippen molar-refractivity contribution in [2.45, 2.75) is 26.2 Å². The minimum absolute atomic E-state index is 0.0423. The number of benzene rings is 2. The highest BCUT2D eigenvalue weighted by molar-refractivity contribution is 5.77. The van der Waals surface area contributed by atoms with Crippen LogP contribution in [0.3, 0.4) is 0 Å². The van der Waals surface area contributed by atoms with Crippen LogP contribution in [-0.2, 0) is 11.2 Å². The minimum atomic E-state index is -0.0992. The van der Waals surface area contributed by atoms with Crippen LogP contribution in [0.5, 0.6) is 5.75 Å². The number of carbonyl (C=O) groups is 1. The van der Waals surface area contributed by atoms with Gasteiger partial charge in [0.25, 0.3) is 5.91 Å². The van der Waals surface area contributed by atoms with Crippen LogP contribution in [0.2, 0.25) is 0 Å². The Bertz CT molecular complexity index is 661. The number of rotatable bonds is 8. The van der Waals surface area contributed by atoms with Crippen LogP contribution in [0, 0.1) is 0 Å². The van der Waals surface area contributed by atoms with Gasteiger partial charge in [-0.3, -0.25) is 4.79 Å². The van der Waals surface area contributed by atoms with Crippen molar-refractivity contribution in [3.05, 3.63) is 59.7 Å². The Morgan fingerprint density at radius 3 is 2.24 bits per heavy atom. The fourth-order valence-electron chi connectivity index (χ4n) is 2.46. The van der Waals surface area contributed by atoms with E-state index in [1.54, 1.807) is 0 Å². The first-order chi connectivity index (χ1) is 12.0. The molecule has 0 fully saturated rings. The molecule has 4 nitrogen and oxygen atoms in total. The quantitative estimate of drug-likeness (QED) is 0.798. The first kappa shape index (κ1) is 18.8. The molecule has 134 valence electrons. The third-order valence-corrected chi connectivity index (χ3v) is 4.11. The fraction of sp³-hybridized carbons (Fsp3) is 0.381. The molecule has 2 rings (SSSR count). The predicted octanol–water partition coefficient (Wildman–Crippen LogP) is 3.61. The second kappa shape index (κ2) is 9.11. The zero-order valence-corrected chi connectivity index (χ0v) is 15.6. The van der Waals surface area contributed by atoms with Crippen LogP contribution in [0.25, 0.3) is 0 Å². The van der Waals surface area contributed by atoms with Crippen LogP contribution >= 0.6 is 0 Å². The highest BCUT2D eigenvalue weighted by Gasteiger charge is 2.04. The second-order valence-electron chi connectivity index (χ2n) is 6.67. The lowest BCUT2D eigenvalue weighted by Crippen LogP contribution is -2.30. The summed E-state index contributed by atoms with van der Waals surface area (Å²) in [5.74, 6) is 1.11. The van der Waals surface area contributed by atoms with Gasteiger partial charge in [-0.1, -0.05) is 38.1 Å². The Labute approximate surface area is 150 Å². The van der Waals surface area contributed by atoms with Crippen molar-refractivity contribution in [2.24, 2.45) is 0 Å². The van der Waals surface area contributed by atoms with Crippen LogP contribution in [0.15, 0.2) is 48.5 Å². The topological polar surface area (TPSA) is 41.6 Å². The van der Waals surface area contributed by atoms with Crippen molar-refractivity contribution in [3.8, 4) is 5.75 Å². The molecule has 1 amide bonds. The van der Waals surface area contributed by atoms with Crippen molar-refractivity contribution < 1.29 is 9.53 Å². The summed E-state index contributed by atoms with van der Waals surface area (Å²) in [6.45, 7) is 4.95. The lowest BCUT2D eigenvalue weighted by molar-refractivity contribution is -0.123. The van der Waals surface area contributed by atoms with Crippen LogP contribution in [0.1, 0.15) is 30.9 Å². The molecule has 2 aromatic rings. The van der Waals surface area contributed by atoms with E-state index in [1.807, 2.05) is 38.4 Å². The molecule has 0 aliphatic carbocycles. The van der Waals surface area contributed by atoms with E-state index in [1.165, 1.54) is 16.8 Å². The van der Waals surface area contributed by atoms with E-state index in [9.17, 15) is 4.79 Å². The van der Waals surface area contributed by atoms with E-state index < -0.39 is 0 Å². The fourth-order valence-corrected chi connectivity index (χ4v) is 2.46. The predicted molar refractivity (Wildman–Crippen MR) is 104 cm³/mol. The number of amides is 1. The van der Waals surface area contributed by atoms with E-state index in [2.05, 4.69) is 48.3 Å². The van der Waals surface area contributed by atoms with Crippen LogP contribution < -0.4 is 15.0 Å². The number of hydrogen-bond acceptors (Lipinski definition) is 3. The average Bonchev–Trinajstić information content (AvgIpc) is 2.60. The molecule has 0 heterocycles. The Hall–Kier alpha value is -2.49. The van der Waals surface area contributed by atoms with Gasteiger partial charge in [-0.2, -0.15) is 0 Å². The maximum atomic E-state index is 11.9. The van der Waals surface area contributed by atoms with E-state index in [4.69, 9.17) is 4.74 Å². The third-order valence-electron chi connectivity index (χ3n) is 4.11. The Balaban J connectivity index is 1.70. The van der Waals surface area contributed by atoms with Gasteiger partial charge in [0.1, 0.15) is 5.75 Å². The van der Waals surface area contributed by atoms with E-state index in [-0.39, 0.29) is 12.5 Å². The van der Waals surface area contributed by atoms with Crippen molar-refractivity contribution in [2.75, 3.05) is 32.1 Å². The molecule has 0 unspecified atom stereocenters. The molecule has 0 bridgehead atoms. The number of nitrogens with one attached hydrogen (secondary N) is 1. The van der Waals surface area contributed by atoms with Gasteiger partial charge < -0.3 is 15.0 Å². The zero-order chi connectivity index (χ0) is 18.2. The summed E-state index contributed by atoms with van der Waals surface area (Å²) in [6.07, 6.45) is 0.808. The van der Waals surface area contributed by atoms with E-state index >= 15 is 0 Å². The summed E-state index contributed by atoms with van der Waals surface area (Å²) in [5, 5.41) is 2.89. The summed E-state index contributed by atoms with van der Waals surface area (Å²) in [5.41, 5.74) is 3.64. The molecule has 4 heteroatoms. The zero-order valence-electron chi connectivity index (χ0n) is 15.6. The molecule has 1 N–H and O–H groups in total. The smallest absolute Gasteiger partial charge is 0.257 e. The summed E-state index contributed by atoms with van der Waals surface area (Å²) < 4.78 is 5.53. The normalized spacial score (nSPS) is 10.6. The molecule has 0 aliphatic heterocycles. The van der Waals surface area contributed by atoms with E-state index in [0.717, 1.165) is 12.2 Å². The Kier molecular flexibility index (Phi) is 6.87. The maximum absolute atomic E-state index is 11.9. The summed E-state index contributed by atoms with van der Waals surface area (Å²) >= 11 is 0. The van der Waals surface area contributed by atoms with Gasteiger partial charge in [0.15, 0.2) is 6.61 Å². The average molecular weight is 340 g/mol. The van der Waals surface area contributed by atoms with Gasteiger partial charge in [-0.05, 0) is 47.7 Å². The van der Waals surface area contributed by atoms with Gasteiger partial charge in [0.2, 0.25) is 0 Å². The SMILES string of the molecule is CC(C)c1ccc(OCC(=O)NCCc2ccc(N(C)C)cc2)cc1. The molecule has 2 aromatic carbocycles. The van der Waals surface area contributed by atoms with Crippen molar-refractivity contribution in [3.63, 3.8) is 0 Å². The lowest BCUT2D eigenvalue weighted by Gasteiger charge is -2.13. The number of ether oxygens (including phenoxy) is 1. The number of carbonyl (C=O) groups excluding carboxylic acids is 1. The molecule has 0 aromatic heterocycles. The van der Waals surface area contributed by atoms with Crippen molar-refractivity contribution in [1.29, 1.82) is 0 Å². The molecular formula is C21H28N2O2. The first-order valence-corrected chi connectivity index (χ1v) is 8.71. The number of nitrogens with zero attached hydrogens (tertiary/aromatic N) is 1. The molecule has 0 atom stereocenters. The van der Waals surface area contributed by atoms with Crippen molar-refractivity contribution in [1.82, 2.24) is 5.32 Å². The highest BCUT2D eigenvalue weighted by atomic mass is 16.5. The van der Waals surface area contributed by atoms with Crippen LogP contribution in [0.4, 0.5) is 5.69 Å². The first-order valence-electron chi connectivity index (χ1n) is 8.71. The monoisotopic (exact) mass is 340 g/mol. The van der Waals surface area contributed by atoms with E-state index in [0.29, 0.717) is 12.5 Å². The Morgan fingerprint density at radius 2 is 1.68 bits per heavy atom. The van der Waals surface area contributed by atoms with Gasteiger partial charge in [-0.25, -0.2) is 0 Å².